The number of amides is 1. The fraction of sp³-hybridized carbons (Fsp3) is 0.278. The smallest absolute Gasteiger partial charge is 0.249 e. The van der Waals surface area contributed by atoms with Crippen LogP contribution in [0.5, 0.6) is 17.4 Å². The zero-order valence-electron chi connectivity index (χ0n) is 25.3. The minimum Gasteiger partial charge on any atom is -0.487 e. The van der Waals surface area contributed by atoms with Crippen LogP contribution >= 0.6 is 11.6 Å². The van der Waals surface area contributed by atoms with Gasteiger partial charge in [-0.3, -0.25) is 9.69 Å². The van der Waals surface area contributed by atoms with Crippen LogP contribution in [0.3, 0.4) is 0 Å². The quantitative estimate of drug-likeness (QED) is 0.185. The molecule has 0 radical (unpaired) electrons. The Morgan fingerprint density at radius 1 is 0.884 bits per heavy atom. The number of hydrogen-bond acceptors (Lipinski definition) is 5. The summed E-state index contributed by atoms with van der Waals surface area (Å²) in [5, 5.41) is 0.456. The number of aromatic nitrogens is 1. The third-order valence-electron chi connectivity index (χ3n) is 7.60. The van der Waals surface area contributed by atoms with E-state index in [-0.39, 0.29) is 5.91 Å². The highest BCUT2D eigenvalue weighted by atomic mass is 35.5. The lowest BCUT2D eigenvalue weighted by Crippen LogP contribution is -2.48. The molecule has 1 amide bonds. The Balaban J connectivity index is 1.15. The molecule has 1 aromatic heterocycles. The molecule has 0 spiro atoms. The van der Waals surface area contributed by atoms with Crippen molar-refractivity contribution in [3.63, 3.8) is 0 Å². The number of piperazine rings is 1. The van der Waals surface area contributed by atoms with Crippen LogP contribution in [0.2, 0.25) is 5.02 Å². The molecule has 222 valence electrons. The molecule has 2 heterocycles. The molecule has 7 heteroatoms. The number of carbonyl (C=O) groups is 1. The number of pyridine rings is 1. The molecule has 0 N–H and O–H groups in total. The lowest BCUT2D eigenvalue weighted by Gasteiger charge is -2.35. The predicted molar refractivity (Wildman–Crippen MR) is 173 cm³/mol. The molecule has 0 aliphatic carbocycles. The van der Waals surface area contributed by atoms with Crippen LogP contribution in [0, 0.1) is 20.8 Å². The van der Waals surface area contributed by atoms with Gasteiger partial charge in [0.25, 0.3) is 0 Å². The van der Waals surface area contributed by atoms with Crippen LogP contribution in [0.1, 0.15) is 40.3 Å². The molecule has 1 fully saturated rings. The molecule has 5 rings (SSSR count). The van der Waals surface area contributed by atoms with Crippen molar-refractivity contribution in [1.82, 2.24) is 14.8 Å². The second-order valence-corrected chi connectivity index (χ2v) is 11.6. The van der Waals surface area contributed by atoms with Gasteiger partial charge < -0.3 is 14.4 Å². The average Bonchev–Trinajstić information content (AvgIpc) is 3.00. The summed E-state index contributed by atoms with van der Waals surface area (Å²) < 4.78 is 11.9. The van der Waals surface area contributed by atoms with Crippen molar-refractivity contribution >= 4 is 23.6 Å². The fourth-order valence-corrected chi connectivity index (χ4v) is 5.37. The first-order chi connectivity index (χ1) is 20.7. The van der Waals surface area contributed by atoms with Gasteiger partial charge in [0.2, 0.25) is 11.8 Å². The van der Waals surface area contributed by atoms with Gasteiger partial charge in [0, 0.05) is 44.4 Å². The highest BCUT2D eigenvalue weighted by molar-refractivity contribution is 6.32. The molecule has 1 aliphatic heterocycles. The Kier molecular flexibility index (Phi) is 9.80. The first kappa shape index (κ1) is 30.3. The largest absolute Gasteiger partial charge is 0.487 e. The summed E-state index contributed by atoms with van der Waals surface area (Å²) in [7, 11) is 0. The number of carbonyl (C=O) groups excluding carboxylic acids is 1. The Morgan fingerprint density at radius 2 is 1.53 bits per heavy atom. The van der Waals surface area contributed by atoms with Crippen molar-refractivity contribution < 1.29 is 14.3 Å². The van der Waals surface area contributed by atoms with Gasteiger partial charge >= 0.3 is 0 Å². The van der Waals surface area contributed by atoms with E-state index in [1.165, 1.54) is 16.7 Å². The molecule has 4 aromatic rings. The number of aryl methyl sites for hydroxylation is 3. The monoisotopic (exact) mass is 595 g/mol. The molecule has 6 nitrogen and oxygen atoms in total. The molecular weight excluding hydrogens is 558 g/mol. The molecule has 3 aromatic carbocycles. The topological polar surface area (TPSA) is 54.9 Å². The number of rotatable bonds is 9. The number of ether oxygens (including phenoxy) is 2. The third kappa shape index (κ3) is 8.25. The first-order valence-electron chi connectivity index (χ1n) is 14.6. The van der Waals surface area contributed by atoms with Gasteiger partial charge in [0.05, 0.1) is 11.2 Å². The zero-order valence-corrected chi connectivity index (χ0v) is 26.0. The van der Waals surface area contributed by atoms with Gasteiger partial charge in [-0.2, -0.15) is 0 Å². The summed E-state index contributed by atoms with van der Waals surface area (Å²) in [6.07, 6.45) is 3.53. The SMILES string of the molecule is C/C(=C\c1cc(C)c(Oc2ccc(OCc3ccc(C)cc3)cn2)c(Cl)c1)C(=O)N1CCN(Cc2ccc(C)cc2)CC1. The number of benzene rings is 3. The van der Waals surface area contributed by atoms with Gasteiger partial charge in [0.15, 0.2) is 5.75 Å². The normalized spacial score (nSPS) is 14.1. The van der Waals surface area contributed by atoms with Gasteiger partial charge in [-0.25, -0.2) is 4.98 Å². The van der Waals surface area contributed by atoms with Gasteiger partial charge in [-0.05, 0) is 74.2 Å². The van der Waals surface area contributed by atoms with E-state index < -0.39 is 0 Å². The van der Waals surface area contributed by atoms with E-state index >= 15 is 0 Å². The second-order valence-electron chi connectivity index (χ2n) is 11.2. The lowest BCUT2D eigenvalue weighted by molar-refractivity contribution is -0.128. The van der Waals surface area contributed by atoms with E-state index in [4.69, 9.17) is 21.1 Å². The highest BCUT2D eigenvalue weighted by Gasteiger charge is 2.22. The molecule has 1 saturated heterocycles. The van der Waals surface area contributed by atoms with Crippen molar-refractivity contribution in [2.24, 2.45) is 0 Å². The van der Waals surface area contributed by atoms with E-state index in [1.807, 2.05) is 43.0 Å². The Morgan fingerprint density at radius 3 is 2.14 bits per heavy atom. The molecule has 0 unspecified atom stereocenters. The molecular formula is C36H38ClN3O3. The van der Waals surface area contributed by atoms with Crippen molar-refractivity contribution in [3.8, 4) is 17.4 Å². The van der Waals surface area contributed by atoms with Crippen molar-refractivity contribution in [2.45, 2.75) is 40.8 Å². The van der Waals surface area contributed by atoms with Crippen molar-refractivity contribution in [2.75, 3.05) is 26.2 Å². The van der Waals surface area contributed by atoms with E-state index in [0.29, 0.717) is 47.7 Å². The maximum atomic E-state index is 13.2. The number of hydrogen-bond donors (Lipinski definition) is 0. The maximum Gasteiger partial charge on any atom is 0.249 e. The van der Waals surface area contributed by atoms with Crippen LogP contribution in [0.25, 0.3) is 6.08 Å². The summed E-state index contributed by atoms with van der Waals surface area (Å²) in [6, 6.07) is 24.3. The number of nitrogens with zero attached hydrogens (tertiary/aromatic N) is 3. The molecule has 0 saturated carbocycles. The van der Waals surface area contributed by atoms with Crippen molar-refractivity contribution in [1.29, 1.82) is 0 Å². The van der Waals surface area contributed by atoms with Crippen LogP contribution in [-0.4, -0.2) is 46.9 Å². The van der Waals surface area contributed by atoms with E-state index in [0.717, 1.165) is 36.3 Å². The van der Waals surface area contributed by atoms with Crippen molar-refractivity contribution in [3.05, 3.63) is 123 Å². The molecule has 43 heavy (non-hydrogen) atoms. The second kappa shape index (κ2) is 13.9. The summed E-state index contributed by atoms with van der Waals surface area (Å²) in [5.41, 5.74) is 7.26. The Bertz CT molecular complexity index is 1550. The minimum absolute atomic E-state index is 0.0537. The standard InChI is InChI=1S/C36H38ClN3O3/c1-25-5-9-29(10-6-25)23-39-15-17-40(18-16-39)36(41)28(4)20-31-19-27(3)35(33(37)21-31)43-34-14-13-32(22-38-34)42-24-30-11-7-26(2)8-12-30/h5-14,19-22H,15-18,23-24H2,1-4H3/b28-20+. The zero-order chi connectivity index (χ0) is 30.3. The molecule has 0 atom stereocenters. The fourth-order valence-electron chi connectivity index (χ4n) is 5.06. The highest BCUT2D eigenvalue weighted by Crippen LogP contribution is 2.34. The van der Waals surface area contributed by atoms with Crippen LogP contribution < -0.4 is 9.47 Å². The van der Waals surface area contributed by atoms with Gasteiger partial charge in [-0.15, -0.1) is 0 Å². The van der Waals surface area contributed by atoms with E-state index in [1.54, 1.807) is 12.3 Å². The van der Waals surface area contributed by atoms with Gasteiger partial charge in [0.1, 0.15) is 12.4 Å². The molecule has 0 bridgehead atoms. The lowest BCUT2D eigenvalue weighted by atomic mass is 10.1. The third-order valence-corrected chi connectivity index (χ3v) is 7.88. The first-order valence-corrected chi connectivity index (χ1v) is 15.0. The van der Waals surface area contributed by atoms with Crippen LogP contribution in [-0.2, 0) is 17.9 Å². The van der Waals surface area contributed by atoms with Crippen LogP contribution in [0.4, 0.5) is 0 Å². The molecule has 1 aliphatic rings. The Hall–Kier alpha value is -4.13. The predicted octanol–water partition coefficient (Wildman–Crippen LogP) is 7.78. The number of halogens is 1. The minimum atomic E-state index is 0.0537. The Labute approximate surface area is 259 Å². The van der Waals surface area contributed by atoms with E-state index in [9.17, 15) is 4.79 Å². The summed E-state index contributed by atoms with van der Waals surface area (Å²) in [5.74, 6) is 1.67. The summed E-state index contributed by atoms with van der Waals surface area (Å²) in [4.78, 5) is 21.9. The van der Waals surface area contributed by atoms with E-state index in [2.05, 4.69) is 72.3 Å². The average molecular weight is 596 g/mol. The summed E-state index contributed by atoms with van der Waals surface area (Å²) >= 11 is 6.64. The maximum absolute atomic E-state index is 13.2. The summed E-state index contributed by atoms with van der Waals surface area (Å²) in [6.45, 7) is 12.5. The van der Waals surface area contributed by atoms with Gasteiger partial charge in [-0.1, -0.05) is 71.3 Å². The van der Waals surface area contributed by atoms with Crippen LogP contribution in [0.15, 0.2) is 84.6 Å².